The molecule has 0 amide bonds. The molecule has 3 unspecified atom stereocenters. The highest BCUT2D eigenvalue weighted by Crippen LogP contribution is 2.19. The van der Waals surface area contributed by atoms with Crippen molar-refractivity contribution >= 4 is 0 Å². The van der Waals surface area contributed by atoms with Crippen molar-refractivity contribution in [1.29, 1.82) is 0 Å². The molecule has 0 saturated carbocycles. The third-order valence-electron chi connectivity index (χ3n) is 3.77. The molecule has 0 radical (unpaired) electrons. The Kier molecular flexibility index (Phi) is 4.86. The molecule has 0 spiro atoms. The molecule has 1 fully saturated rings. The Labute approximate surface area is 99.4 Å². The minimum absolute atomic E-state index is 0.522. The number of rotatable bonds is 5. The van der Waals surface area contributed by atoms with E-state index in [0.29, 0.717) is 12.1 Å². The number of hydrogen-bond acceptors (Lipinski definition) is 2. The molecule has 2 nitrogen and oxygen atoms in total. The van der Waals surface area contributed by atoms with E-state index in [2.05, 4.69) is 24.4 Å². The van der Waals surface area contributed by atoms with Gasteiger partial charge in [-0.15, -0.1) is 0 Å². The molecule has 1 aliphatic heterocycles. The molecule has 0 bridgehead atoms. The third kappa shape index (κ3) is 3.91. The van der Waals surface area contributed by atoms with Crippen molar-refractivity contribution in [3.63, 3.8) is 0 Å². The lowest BCUT2D eigenvalue weighted by molar-refractivity contribution is 0.0958. The first-order valence-electron chi connectivity index (χ1n) is 6.84. The monoisotopic (exact) mass is 223 g/mol. The second kappa shape index (κ2) is 6.41. The molecule has 0 aromatic carbocycles. The first-order chi connectivity index (χ1) is 7.84. The van der Waals surface area contributed by atoms with Gasteiger partial charge >= 0.3 is 0 Å². The number of hydrogen-bond donors (Lipinski definition) is 1. The molecule has 3 atom stereocenters. The van der Waals surface area contributed by atoms with Gasteiger partial charge < -0.3 is 10.1 Å². The normalized spacial score (nSPS) is 31.8. The third-order valence-corrected chi connectivity index (χ3v) is 3.77. The topological polar surface area (TPSA) is 21.3 Å². The lowest BCUT2D eigenvalue weighted by atomic mass is 9.94. The molecule has 2 heteroatoms. The lowest BCUT2D eigenvalue weighted by Crippen LogP contribution is -2.34. The second-order valence-corrected chi connectivity index (χ2v) is 5.33. The van der Waals surface area contributed by atoms with Crippen LogP contribution in [0.5, 0.6) is 0 Å². The van der Waals surface area contributed by atoms with Crippen molar-refractivity contribution in [3.8, 4) is 0 Å². The summed E-state index contributed by atoms with van der Waals surface area (Å²) in [4.78, 5) is 0. The minimum atomic E-state index is 0.522. The fraction of sp³-hybridized carbons (Fsp3) is 0.857. The molecule has 16 heavy (non-hydrogen) atoms. The largest absolute Gasteiger partial charge is 0.378 e. The predicted molar refractivity (Wildman–Crippen MR) is 67.5 cm³/mol. The maximum Gasteiger partial charge on any atom is 0.0590 e. The van der Waals surface area contributed by atoms with Gasteiger partial charge in [-0.1, -0.05) is 12.2 Å². The van der Waals surface area contributed by atoms with Crippen LogP contribution in [0.3, 0.4) is 0 Å². The highest BCUT2D eigenvalue weighted by Gasteiger charge is 2.19. The Balaban J connectivity index is 1.59. The Morgan fingerprint density at radius 1 is 1.38 bits per heavy atom. The summed E-state index contributed by atoms with van der Waals surface area (Å²) >= 11 is 0. The van der Waals surface area contributed by atoms with Crippen LogP contribution in [0, 0.1) is 5.92 Å². The van der Waals surface area contributed by atoms with Crippen LogP contribution in [0.4, 0.5) is 0 Å². The van der Waals surface area contributed by atoms with Crippen molar-refractivity contribution < 1.29 is 4.74 Å². The van der Waals surface area contributed by atoms with Crippen LogP contribution in [0.2, 0.25) is 0 Å². The average molecular weight is 223 g/mol. The summed E-state index contributed by atoms with van der Waals surface area (Å²) in [6.45, 7) is 4.45. The fourth-order valence-electron chi connectivity index (χ4n) is 2.72. The quantitative estimate of drug-likeness (QED) is 0.724. The van der Waals surface area contributed by atoms with E-state index in [0.717, 1.165) is 12.5 Å². The van der Waals surface area contributed by atoms with E-state index in [1.54, 1.807) is 0 Å². The highest BCUT2D eigenvalue weighted by molar-refractivity contribution is 4.90. The summed E-state index contributed by atoms with van der Waals surface area (Å²) < 4.78 is 5.66. The van der Waals surface area contributed by atoms with Gasteiger partial charge in [0.15, 0.2) is 0 Å². The standard InChI is InChI=1S/C14H25NO/c1-12(10-14-8-5-9-16-14)15-11-13-6-3-2-4-7-13/h2-3,12-15H,4-11H2,1H3. The van der Waals surface area contributed by atoms with E-state index in [1.807, 2.05) is 0 Å². The van der Waals surface area contributed by atoms with Crippen molar-refractivity contribution in [1.82, 2.24) is 5.32 Å². The van der Waals surface area contributed by atoms with Crippen molar-refractivity contribution in [2.75, 3.05) is 13.2 Å². The SMILES string of the molecule is CC(CC1CCCO1)NCC1CC=CCC1. The number of allylic oxidation sites excluding steroid dienone is 2. The molecule has 0 aromatic heterocycles. The van der Waals surface area contributed by atoms with Crippen molar-refractivity contribution in [3.05, 3.63) is 12.2 Å². The Morgan fingerprint density at radius 2 is 2.31 bits per heavy atom. The Hall–Kier alpha value is -0.340. The van der Waals surface area contributed by atoms with Gasteiger partial charge in [-0.3, -0.25) is 0 Å². The number of nitrogens with one attached hydrogen (secondary N) is 1. The molecule has 2 rings (SSSR count). The summed E-state index contributed by atoms with van der Waals surface area (Å²) in [6, 6.07) is 0.606. The molecule has 1 aliphatic carbocycles. The summed E-state index contributed by atoms with van der Waals surface area (Å²) in [5.41, 5.74) is 0. The van der Waals surface area contributed by atoms with Gasteiger partial charge in [-0.25, -0.2) is 0 Å². The zero-order valence-electron chi connectivity index (χ0n) is 10.5. The van der Waals surface area contributed by atoms with Crippen LogP contribution < -0.4 is 5.32 Å². The number of ether oxygens (including phenoxy) is 1. The second-order valence-electron chi connectivity index (χ2n) is 5.33. The Bertz CT molecular complexity index is 221. The average Bonchev–Trinajstić information content (AvgIpc) is 2.81. The van der Waals surface area contributed by atoms with Gasteiger partial charge in [0.2, 0.25) is 0 Å². The molecule has 2 aliphatic rings. The van der Waals surface area contributed by atoms with E-state index in [1.165, 1.54) is 45.1 Å². The van der Waals surface area contributed by atoms with Crippen molar-refractivity contribution in [2.45, 2.75) is 57.6 Å². The van der Waals surface area contributed by atoms with Crippen LogP contribution in [-0.2, 0) is 4.74 Å². The smallest absolute Gasteiger partial charge is 0.0590 e. The van der Waals surface area contributed by atoms with E-state index >= 15 is 0 Å². The van der Waals surface area contributed by atoms with Gasteiger partial charge in [-0.2, -0.15) is 0 Å². The zero-order valence-corrected chi connectivity index (χ0v) is 10.5. The molecule has 1 heterocycles. The van der Waals surface area contributed by atoms with Crippen LogP contribution >= 0.6 is 0 Å². The maximum absolute atomic E-state index is 5.66. The molecular formula is C14H25NO. The van der Waals surface area contributed by atoms with Gasteiger partial charge in [0, 0.05) is 12.6 Å². The Morgan fingerprint density at radius 3 is 3.00 bits per heavy atom. The van der Waals surface area contributed by atoms with E-state index in [4.69, 9.17) is 4.74 Å². The van der Waals surface area contributed by atoms with E-state index < -0.39 is 0 Å². The summed E-state index contributed by atoms with van der Waals surface area (Å²) in [5.74, 6) is 0.858. The molecule has 92 valence electrons. The molecule has 1 N–H and O–H groups in total. The molecule has 1 saturated heterocycles. The van der Waals surface area contributed by atoms with Gasteiger partial charge in [0.05, 0.1) is 6.10 Å². The van der Waals surface area contributed by atoms with Crippen LogP contribution in [0.25, 0.3) is 0 Å². The van der Waals surface area contributed by atoms with Crippen LogP contribution in [0.1, 0.15) is 45.4 Å². The predicted octanol–water partition coefficient (Wildman–Crippen LogP) is 2.89. The highest BCUT2D eigenvalue weighted by atomic mass is 16.5. The van der Waals surface area contributed by atoms with Gasteiger partial charge in [0.1, 0.15) is 0 Å². The fourth-order valence-corrected chi connectivity index (χ4v) is 2.72. The molecular weight excluding hydrogens is 198 g/mol. The first kappa shape index (κ1) is 12.1. The summed E-state index contributed by atoms with van der Waals surface area (Å²) in [5, 5.41) is 3.67. The molecule has 0 aromatic rings. The summed E-state index contributed by atoms with van der Waals surface area (Å²) in [7, 11) is 0. The van der Waals surface area contributed by atoms with E-state index in [9.17, 15) is 0 Å². The van der Waals surface area contributed by atoms with Crippen LogP contribution in [0.15, 0.2) is 12.2 Å². The van der Waals surface area contributed by atoms with Crippen LogP contribution in [-0.4, -0.2) is 25.3 Å². The van der Waals surface area contributed by atoms with Gasteiger partial charge in [0.25, 0.3) is 0 Å². The van der Waals surface area contributed by atoms with E-state index in [-0.39, 0.29) is 0 Å². The maximum atomic E-state index is 5.66. The van der Waals surface area contributed by atoms with Crippen molar-refractivity contribution in [2.24, 2.45) is 5.92 Å². The summed E-state index contributed by atoms with van der Waals surface area (Å²) in [6.07, 6.45) is 12.8. The minimum Gasteiger partial charge on any atom is -0.378 e. The lowest BCUT2D eigenvalue weighted by Gasteiger charge is -2.23. The first-order valence-corrected chi connectivity index (χ1v) is 6.84. The zero-order chi connectivity index (χ0) is 11.2. The van der Waals surface area contributed by atoms with Gasteiger partial charge in [-0.05, 0) is 57.9 Å².